The number of H-pyrrole nitrogens is 1. The number of anilines is 1. The van der Waals surface area contributed by atoms with Crippen molar-refractivity contribution in [2.75, 3.05) is 11.9 Å². The second-order valence-electron chi connectivity index (χ2n) is 4.85. The van der Waals surface area contributed by atoms with Gasteiger partial charge in [0.2, 0.25) is 0 Å². The number of hydrogen-bond donors (Lipinski definition) is 1. The molecular weight excluding hydrogens is 302 g/mol. The van der Waals surface area contributed by atoms with Gasteiger partial charge in [-0.05, 0) is 18.4 Å². The fraction of sp³-hybridized carbons (Fsp3) is 0.286. The predicted molar refractivity (Wildman–Crippen MR) is 86.5 cm³/mol. The summed E-state index contributed by atoms with van der Waals surface area (Å²) in [6.45, 7) is 2.78. The Morgan fingerprint density at radius 3 is 3.00 bits per heavy atom. The highest BCUT2D eigenvalue weighted by Crippen LogP contribution is 2.14. The Morgan fingerprint density at radius 1 is 1.41 bits per heavy atom. The van der Waals surface area contributed by atoms with Crippen LogP contribution < -0.4 is 16.0 Å². The lowest BCUT2D eigenvalue weighted by Crippen LogP contribution is -2.31. The van der Waals surface area contributed by atoms with Crippen LogP contribution in [0.2, 0.25) is 0 Å². The van der Waals surface area contributed by atoms with Gasteiger partial charge >= 0.3 is 0 Å². The average Bonchev–Trinajstić information content (AvgIpc) is 2.96. The van der Waals surface area contributed by atoms with Gasteiger partial charge in [0, 0.05) is 26.0 Å². The Hall–Kier alpha value is -2.48. The first-order valence-corrected chi connectivity index (χ1v) is 7.71. The Kier molecular flexibility index (Phi) is 3.76. The molecule has 0 atom stereocenters. The predicted octanol–water partition coefficient (Wildman–Crippen LogP) is 1.20. The highest BCUT2D eigenvalue weighted by atomic mass is 32.1. The van der Waals surface area contributed by atoms with Gasteiger partial charge in [0.25, 0.3) is 11.1 Å². The largest absolute Gasteiger partial charge is 0.348 e. The van der Waals surface area contributed by atoms with Crippen molar-refractivity contribution < 1.29 is 0 Å². The van der Waals surface area contributed by atoms with Crippen LogP contribution in [0.4, 0.5) is 5.82 Å². The third-order valence-electron chi connectivity index (χ3n) is 3.35. The fourth-order valence-corrected chi connectivity index (χ4v) is 2.97. The van der Waals surface area contributed by atoms with Crippen molar-refractivity contribution in [1.82, 2.24) is 19.5 Å². The molecule has 0 aliphatic heterocycles. The van der Waals surface area contributed by atoms with Crippen LogP contribution in [0.15, 0.2) is 33.4 Å². The first-order valence-electron chi connectivity index (χ1n) is 6.83. The Labute approximate surface area is 129 Å². The summed E-state index contributed by atoms with van der Waals surface area (Å²) in [4.78, 5) is 37.2. The van der Waals surface area contributed by atoms with E-state index < -0.39 is 0 Å². The van der Waals surface area contributed by atoms with E-state index >= 15 is 0 Å². The Morgan fingerprint density at radius 2 is 2.23 bits per heavy atom. The van der Waals surface area contributed by atoms with Gasteiger partial charge in [0.1, 0.15) is 10.5 Å². The van der Waals surface area contributed by atoms with E-state index in [1.807, 2.05) is 18.4 Å². The molecule has 3 heterocycles. The van der Waals surface area contributed by atoms with Gasteiger partial charge in [0.05, 0.1) is 12.1 Å². The zero-order chi connectivity index (χ0) is 15.7. The van der Waals surface area contributed by atoms with Gasteiger partial charge in [0.15, 0.2) is 5.82 Å². The average molecular weight is 317 g/mol. The highest BCUT2D eigenvalue weighted by Gasteiger charge is 2.12. The lowest BCUT2D eigenvalue weighted by molar-refractivity contribution is 0.704. The van der Waals surface area contributed by atoms with Gasteiger partial charge in [-0.1, -0.05) is 0 Å². The van der Waals surface area contributed by atoms with Crippen molar-refractivity contribution in [1.29, 1.82) is 0 Å². The molecule has 0 radical (unpaired) electrons. The van der Waals surface area contributed by atoms with Gasteiger partial charge < -0.3 is 14.5 Å². The number of nitrogens with zero attached hydrogens (tertiary/aromatic N) is 4. The van der Waals surface area contributed by atoms with Gasteiger partial charge in [-0.15, -0.1) is 11.3 Å². The minimum Gasteiger partial charge on any atom is -0.348 e. The number of fused-ring (bicyclic) bond motifs is 1. The third kappa shape index (κ3) is 2.52. The van der Waals surface area contributed by atoms with E-state index in [0.29, 0.717) is 34.9 Å². The van der Waals surface area contributed by atoms with Crippen molar-refractivity contribution >= 4 is 27.4 Å². The molecule has 0 aliphatic rings. The molecule has 1 N–H and O–H groups in total. The fourth-order valence-electron chi connectivity index (χ4n) is 2.24. The molecule has 22 heavy (non-hydrogen) atoms. The number of thiophene rings is 1. The van der Waals surface area contributed by atoms with Crippen LogP contribution >= 0.6 is 11.3 Å². The number of rotatable bonds is 4. The third-order valence-corrected chi connectivity index (χ3v) is 4.25. The van der Waals surface area contributed by atoms with E-state index in [0.717, 1.165) is 0 Å². The number of aromatic amines is 1. The minimum absolute atomic E-state index is 0.157. The number of hydrogen-bond acceptors (Lipinski definition) is 6. The maximum absolute atomic E-state index is 12.2. The summed E-state index contributed by atoms with van der Waals surface area (Å²) in [5, 5.41) is 1.83. The summed E-state index contributed by atoms with van der Waals surface area (Å²) >= 11 is 1.36. The van der Waals surface area contributed by atoms with Crippen LogP contribution in [0.5, 0.6) is 0 Å². The first kappa shape index (κ1) is 14.5. The monoisotopic (exact) mass is 317 g/mol. The molecule has 0 unspecified atom stereocenters. The van der Waals surface area contributed by atoms with Crippen LogP contribution in [0, 0.1) is 0 Å². The van der Waals surface area contributed by atoms with Crippen molar-refractivity contribution in [2.45, 2.75) is 20.0 Å². The molecule has 0 saturated heterocycles. The summed E-state index contributed by atoms with van der Waals surface area (Å²) in [5.74, 6) is 0.837. The molecule has 0 amide bonds. The molecular formula is C14H15N5O2S. The molecule has 3 aromatic heterocycles. The Bertz CT molecular complexity index is 927. The molecule has 0 fully saturated rings. The van der Waals surface area contributed by atoms with E-state index in [1.165, 1.54) is 11.3 Å². The smallest absolute Gasteiger partial charge is 0.293 e. The summed E-state index contributed by atoms with van der Waals surface area (Å²) in [5.41, 5.74) is 0.353. The second-order valence-corrected chi connectivity index (χ2v) is 5.76. The summed E-state index contributed by atoms with van der Waals surface area (Å²) in [6, 6.07) is 1.81. The van der Waals surface area contributed by atoms with Gasteiger partial charge in [-0.2, -0.15) is 0 Å². The number of aryl methyl sites for hydroxylation is 1. The van der Waals surface area contributed by atoms with E-state index in [9.17, 15) is 9.59 Å². The molecule has 0 saturated carbocycles. The molecule has 7 nitrogen and oxygen atoms in total. The van der Waals surface area contributed by atoms with Crippen molar-refractivity contribution in [3.05, 3.63) is 50.4 Å². The van der Waals surface area contributed by atoms with Gasteiger partial charge in [-0.25, -0.2) is 9.97 Å². The van der Waals surface area contributed by atoms with Crippen molar-refractivity contribution in [3.63, 3.8) is 0 Å². The highest BCUT2D eigenvalue weighted by molar-refractivity contribution is 7.17. The zero-order valence-corrected chi connectivity index (χ0v) is 13.1. The summed E-state index contributed by atoms with van der Waals surface area (Å²) in [6.07, 6.45) is 3.24. The SMILES string of the molecule is CCn1ccnc(N(C)Cc2nc3ccsc3c(=O)[nH]2)c1=O. The second kappa shape index (κ2) is 5.72. The van der Waals surface area contributed by atoms with Crippen molar-refractivity contribution in [3.8, 4) is 0 Å². The molecule has 3 aromatic rings. The molecule has 0 bridgehead atoms. The van der Waals surface area contributed by atoms with Crippen LogP contribution in [0.25, 0.3) is 10.2 Å². The van der Waals surface area contributed by atoms with E-state index in [4.69, 9.17) is 0 Å². The molecule has 0 aromatic carbocycles. The van der Waals surface area contributed by atoms with Crippen molar-refractivity contribution in [2.24, 2.45) is 0 Å². The van der Waals surface area contributed by atoms with Crippen LogP contribution in [0.1, 0.15) is 12.7 Å². The molecule has 0 aliphatic carbocycles. The molecule has 114 valence electrons. The minimum atomic E-state index is -0.161. The van der Waals surface area contributed by atoms with Crippen LogP contribution in [0.3, 0.4) is 0 Å². The normalized spacial score (nSPS) is 11.0. The lowest BCUT2D eigenvalue weighted by atomic mass is 10.4. The van der Waals surface area contributed by atoms with E-state index in [-0.39, 0.29) is 11.1 Å². The Balaban J connectivity index is 1.94. The standard InChI is InChI=1S/C14H15N5O2S/c1-3-19-6-5-15-12(14(19)21)18(2)8-10-16-9-4-7-22-11(9)13(20)17-10/h4-7H,3,8H2,1-2H3,(H,16,17,20). The van der Waals surface area contributed by atoms with E-state index in [2.05, 4.69) is 15.0 Å². The van der Waals surface area contributed by atoms with Gasteiger partial charge in [-0.3, -0.25) is 9.59 Å². The lowest BCUT2D eigenvalue weighted by Gasteiger charge is -2.17. The number of nitrogens with one attached hydrogen (secondary N) is 1. The summed E-state index contributed by atoms with van der Waals surface area (Å²) < 4.78 is 2.19. The molecule has 8 heteroatoms. The summed E-state index contributed by atoms with van der Waals surface area (Å²) in [7, 11) is 1.75. The maximum Gasteiger partial charge on any atom is 0.293 e. The topological polar surface area (TPSA) is 83.9 Å². The van der Waals surface area contributed by atoms with Crippen LogP contribution in [-0.4, -0.2) is 26.6 Å². The molecule has 0 spiro atoms. The quantitative estimate of drug-likeness (QED) is 0.781. The number of aromatic nitrogens is 4. The van der Waals surface area contributed by atoms with E-state index in [1.54, 1.807) is 28.9 Å². The van der Waals surface area contributed by atoms with Crippen LogP contribution in [-0.2, 0) is 13.1 Å². The first-order chi connectivity index (χ1) is 10.6. The maximum atomic E-state index is 12.2. The molecule has 3 rings (SSSR count). The zero-order valence-electron chi connectivity index (χ0n) is 12.2.